The lowest BCUT2D eigenvalue weighted by Crippen LogP contribution is -2.82. The maximum absolute atomic E-state index is 13.9. The van der Waals surface area contributed by atoms with E-state index in [2.05, 4.69) is 17.1 Å². The van der Waals surface area contributed by atoms with Crippen molar-refractivity contribution >= 4 is 23.5 Å². The summed E-state index contributed by atoms with van der Waals surface area (Å²) in [7, 11) is 6.66. The lowest BCUT2D eigenvalue weighted by atomic mass is 9.42. The molecule has 1 aliphatic heterocycles. The highest BCUT2D eigenvalue weighted by atomic mass is 16.5. The number of fused-ring (bicyclic) bond motifs is 2. The highest BCUT2D eigenvalue weighted by Crippen LogP contribution is 2.80. The molecule has 5 aliphatic carbocycles. The van der Waals surface area contributed by atoms with Crippen LogP contribution in [0.15, 0.2) is 24.3 Å². The third kappa shape index (κ3) is 4.46. The van der Waals surface area contributed by atoms with Gasteiger partial charge in [-0.25, -0.2) is 4.79 Å². The Bertz CT molecular complexity index is 1530. The number of carbonyl (C=O) groups excluding carboxylic acids is 2. The van der Waals surface area contributed by atoms with Crippen molar-refractivity contribution in [3.63, 3.8) is 0 Å². The van der Waals surface area contributed by atoms with Crippen molar-refractivity contribution in [1.29, 1.82) is 0 Å². The Balaban J connectivity index is 1.28. The summed E-state index contributed by atoms with van der Waals surface area (Å²) in [4.78, 5) is 40.2. The van der Waals surface area contributed by atoms with Crippen LogP contribution in [0.3, 0.4) is 0 Å². The summed E-state index contributed by atoms with van der Waals surface area (Å²) in [5.41, 5.74) is -4.20. The number of carboxylic acid groups (broad SMARTS) is 1. The van der Waals surface area contributed by atoms with Gasteiger partial charge in [-0.05, 0) is 43.9 Å². The lowest BCUT2D eigenvalue weighted by Gasteiger charge is -2.70. The maximum Gasteiger partial charge on any atom is 0.340 e. The van der Waals surface area contributed by atoms with Crippen LogP contribution in [-0.2, 0) is 33.3 Å². The van der Waals surface area contributed by atoms with Gasteiger partial charge in [0.2, 0.25) is 5.91 Å². The van der Waals surface area contributed by atoms with Gasteiger partial charge in [-0.1, -0.05) is 26.0 Å². The summed E-state index contributed by atoms with van der Waals surface area (Å²) in [5.74, 6) is -3.87. The van der Waals surface area contributed by atoms with E-state index in [9.17, 15) is 29.7 Å². The van der Waals surface area contributed by atoms with Gasteiger partial charge < -0.3 is 44.3 Å². The number of carboxylic acids is 1. The molecule has 13 nitrogen and oxygen atoms in total. The molecule has 1 aromatic rings. The largest absolute Gasteiger partial charge is 0.481 e. The first kappa shape index (κ1) is 35.7. The van der Waals surface area contributed by atoms with Crippen molar-refractivity contribution in [3.8, 4) is 0 Å². The number of piperidine rings is 1. The van der Waals surface area contributed by atoms with Crippen molar-refractivity contribution < 1.29 is 53.4 Å². The van der Waals surface area contributed by atoms with Crippen LogP contribution in [0.5, 0.6) is 0 Å². The average molecular weight is 701 g/mol. The quantitative estimate of drug-likeness (QED) is 0.235. The number of nitrogens with one attached hydrogen (secondary N) is 1. The molecule has 4 N–H and O–H groups in total. The number of anilines is 1. The minimum absolute atomic E-state index is 0.0276. The maximum atomic E-state index is 13.9. The van der Waals surface area contributed by atoms with E-state index in [1.165, 1.54) is 6.92 Å². The normalized spacial score (nSPS) is 44.4. The molecule has 276 valence electrons. The molecule has 13 heteroatoms. The highest BCUT2D eigenvalue weighted by Gasteiger charge is 2.91. The van der Waals surface area contributed by atoms with Crippen LogP contribution in [0, 0.1) is 40.4 Å². The molecule has 1 aromatic carbocycles. The van der Waals surface area contributed by atoms with Crippen molar-refractivity contribution in [2.75, 3.05) is 53.5 Å². The number of likely N-dealkylation sites (N-methyl/N-ethyl adjacent to an activating group) is 1. The van der Waals surface area contributed by atoms with Gasteiger partial charge >= 0.3 is 11.9 Å². The number of aliphatic hydroxyl groups is 2. The Morgan fingerprint density at radius 1 is 1.06 bits per heavy atom. The zero-order valence-electron chi connectivity index (χ0n) is 29.8. The molecule has 0 aromatic heterocycles. The number of likely N-dealkylation sites (tertiary alicyclic amines) is 1. The van der Waals surface area contributed by atoms with Crippen molar-refractivity contribution in [3.05, 3.63) is 29.8 Å². The molecule has 1 amide bonds. The Hall–Kier alpha value is -2.65. The molecule has 7 bridgehead atoms. The van der Waals surface area contributed by atoms with Crippen LogP contribution in [0.25, 0.3) is 0 Å². The van der Waals surface area contributed by atoms with Crippen LogP contribution in [0.1, 0.15) is 56.3 Å². The summed E-state index contributed by atoms with van der Waals surface area (Å²) in [5, 5.41) is 38.5. The van der Waals surface area contributed by atoms with Gasteiger partial charge in [-0.3, -0.25) is 14.5 Å². The van der Waals surface area contributed by atoms with E-state index in [0.29, 0.717) is 25.9 Å². The van der Waals surface area contributed by atoms with Crippen LogP contribution in [-0.4, -0.2) is 128 Å². The summed E-state index contributed by atoms with van der Waals surface area (Å²) >= 11 is 0. The molecule has 1 spiro atoms. The fourth-order valence-corrected chi connectivity index (χ4v) is 12.6. The molecule has 14 atom stereocenters. The van der Waals surface area contributed by atoms with E-state index in [0.717, 1.165) is 6.42 Å². The predicted octanol–water partition coefficient (Wildman–Crippen LogP) is 2.19. The summed E-state index contributed by atoms with van der Waals surface area (Å²) in [6, 6.07) is 6.05. The molecule has 5 saturated carbocycles. The topological polar surface area (TPSA) is 173 Å². The summed E-state index contributed by atoms with van der Waals surface area (Å²) in [6.45, 7) is 4.65. The minimum Gasteiger partial charge on any atom is -0.481 e. The first-order valence-electron chi connectivity index (χ1n) is 17.9. The van der Waals surface area contributed by atoms with Gasteiger partial charge in [-0.15, -0.1) is 0 Å². The number of aliphatic carboxylic acids is 1. The number of ether oxygens (including phenoxy) is 5. The third-order valence-corrected chi connectivity index (χ3v) is 14.1. The average Bonchev–Trinajstić information content (AvgIpc) is 3.52. The zero-order chi connectivity index (χ0) is 36.0. The number of benzene rings is 1. The van der Waals surface area contributed by atoms with Crippen LogP contribution in [0.4, 0.5) is 5.69 Å². The number of amides is 1. The molecule has 6 aliphatic rings. The lowest BCUT2D eigenvalue weighted by molar-refractivity contribution is -0.320. The van der Waals surface area contributed by atoms with E-state index in [4.69, 9.17) is 23.7 Å². The Labute approximate surface area is 292 Å². The van der Waals surface area contributed by atoms with Gasteiger partial charge in [0.15, 0.2) is 0 Å². The standard InChI is InChI=1S/C37H52N2O11/c1-7-39-17-34(18-50-32(43)20-10-8-9-11-23(20)38-26(40)14-19(2)31(41)42)13-12-25(47-4)36-22-15-21-24(46-3)16-35(44,27(22)28(21)48-5)37(45,33(36)39)30(49-6)29(34)36/h8-11,19,21-22,24-25,27-30,33,44-45H,7,12-18H2,1-6H3,(H,38,40)(H,41,42)/t19-,21+,22-,24+,25-,27+,28+,29-,30+,33+,34+,35-,36-,37-/m1/s1. The fourth-order valence-electron chi connectivity index (χ4n) is 12.6. The van der Waals surface area contributed by atoms with Gasteiger partial charge in [0.1, 0.15) is 11.2 Å². The van der Waals surface area contributed by atoms with Crippen molar-refractivity contribution in [1.82, 2.24) is 4.90 Å². The molecular formula is C37H52N2O11. The van der Waals surface area contributed by atoms with E-state index < -0.39 is 57.9 Å². The number of nitrogens with zero attached hydrogens (tertiary/aromatic N) is 1. The van der Waals surface area contributed by atoms with Crippen molar-refractivity contribution in [2.24, 2.45) is 40.4 Å². The number of rotatable bonds is 12. The number of para-hydroxylation sites is 1. The smallest absolute Gasteiger partial charge is 0.340 e. The second-order valence-corrected chi connectivity index (χ2v) is 15.8. The second kappa shape index (κ2) is 12.5. The summed E-state index contributed by atoms with van der Waals surface area (Å²) < 4.78 is 31.3. The molecule has 6 fully saturated rings. The van der Waals surface area contributed by atoms with E-state index in [1.807, 2.05) is 0 Å². The molecule has 1 saturated heterocycles. The van der Waals surface area contributed by atoms with E-state index in [-0.39, 0.29) is 72.7 Å². The number of esters is 1. The first-order chi connectivity index (χ1) is 23.8. The predicted molar refractivity (Wildman–Crippen MR) is 178 cm³/mol. The SMILES string of the molecule is CCN1C[C@]2(COC(=O)c3ccccc3NC(=O)C[C@@H](C)C(=O)O)CC[C@@H](OC)[C@]34[C@@H]5C[C@@H]6[C@H](OC)[C@H]5[C@](O)(C[C@@H]6OC)[C@@](O)([C@@H](OC)[C@H]23)[C@@H]14. The Kier molecular flexibility index (Phi) is 8.93. The van der Waals surface area contributed by atoms with Crippen LogP contribution < -0.4 is 5.32 Å². The molecular weight excluding hydrogens is 648 g/mol. The molecule has 1 heterocycles. The Morgan fingerprint density at radius 2 is 1.80 bits per heavy atom. The van der Waals surface area contributed by atoms with Gasteiger partial charge in [-0.2, -0.15) is 0 Å². The number of hydrogen-bond donors (Lipinski definition) is 4. The Morgan fingerprint density at radius 3 is 2.44 bits per heavy atom. The van der Waals surface area contributed by atoms with Crippen molar-refractivity contribution in [2.45, 2.75) is 87.6 Å². The number of carbonyl (C=O) groups is 3. The first-order valence-corrected chi connectivity index (χ1v) is 17.9. The van der Waals surface area contributed by atoms with Crippen LogP contribution in [0.2, 0.25) is 0 Å². The fraction of sp³-hybridized carbons (Fsp3) is 0.757. The molecule has 50 heavy (non-hydrogen) atoms. The van der Waals surface area contributed by atoms with Gasteiger partial charge in [0.05, 0.1) is 54.2 Å². The zero-order valence-corrected chi connectivity index (χ0v) is 29.8. The van der Waals surface area contributed by atoms with Crippen LogP contribution >= 0.6 is 0 Å². The molecule has 0 radical (unpaired) electrons. The molecule has 7 rings (SSSR count). The minimum atomic E-state index is -1.71. The number of hydrogen-bond acceptors (Lipinski definition) is 11. The third-order valence-electron chi connectivity index (χ3n) is 14.1. The number of methoxy groups -OCH3 is 4. The highest BCUT2D eigenvalue weighted by molar-refractivity contribution is 6.01. The second-order valence-electron chi connectivity index (χ2n) is 15.8. The molecule has 0 unspecified atom stereocenters. The summed E-state index contributed by atoms with van der Waals surface area (Å²) in [6.07, 6.45) is 0.397. The van der Waals surface area contributed by atoms with Gasteiger partial charge in [0.25, 0.3) is 0 Å². The van der Waals surface area contributed by atoms with E-state index in [1.54, 1.807) is 52.7 Å². The van der Waals surface area contributed by atoms with E-state index >= 15 is 0 Å². The monoisotopic (exact) mass is 700 g/mol. The van der Waals surface area contributed by atoms with Gasteiger partial charge in [0, 0.05) is 76.4 Å².